The second-order valence-electron chi connectivity index (χ2n) is 6.44. The summed E-state index contributed by atoms with van der Waals surface area (Å²) >= 11 is 0. The fourth-order valence-corrected chi connectivity index (χ4v) is 4.29. The van der Waals surface area contributed by atoms with Gasteiger partial charge in [0.2, 0.25) is 0 Å². The topological polar surface area (TPSA) is 86.7 Å². The van der Waals surface area contributed by atoms with Crippen LogP contribution in [0.25, 0.3) is 0 Å². The van der Waals surface area contributed by atoms with E-state index >= 15 is 0 Å². The van der Waals surface area contributed by atoms with Gasteiger partial charge >= 0.3 is 0 Å². The van der Waals surface area contributed by atoms with Crippen molar-refractivity contribution in [2.75, 3.05) is 20.0 Å². The predicted molar refractivity (Wildman–Crippen MR) is 106 cm³/mol. The summed E-state index contributed by atoms with van der Waals surface area (Å²) in [5.74, 6) is -0.379. The molecular formula is C18H36O6S2. The van der Waals surface area contributed by atoms with Crippen LogP contribution in [-0.4, -0.2) is 36.8 Å². The molecule has 0 aliphatic carbocycles. The number of rotatable bonds is 17. The van der Waals surface area contributed by atoms with Gasteiger partial charge in [-0.3, -0.25) is 8.37 Å². The van der Waals surface area contributed by atoms with Crippen molar-refractivity contribution >= 4 is 20.2 Å². The molecule has 0 saturated heterocycles. The third-order valence-electron chi connectivity index (χ3n) is 4.32. The smallest absolute Gasteiger partial charge is 0.273 e. The minimum absolute atomic E-state index is 0.0107. The first-order valence-electron chi connectivity index (χ1n) is 9.57. The van der Waals surface area contributed by atoms with Crippen LogP contribution in [0.5, 0.6) is 0 Å². The zero-order valence-corrected chi connectivity index (χ0v) is 18.2. The molecule has 0 bridgehead atoms. The van der Waals surface area contributed by atoms with E-state index in [4.69, 9.17) is 0 Å². The van der Waals surface area contributed by atoms with Gasteiger partial charge in [-0.25, -0.2) is 0 Å². The van der Waals surface area contributed by atoms with Gasteiger partial charge in [-0.1, -0.05) is 70.8 Å². The van der Waals surface area contributed by atoms with Crippen LogP contribution >= 0.6 is 0 Å². The van der Waals surface area contributed by atoms with E-state index in [1.807, 2.05) is 0 Å². The van der Waals surface area contributed by atoms with E-state index in [1.54, 1.807) is 6.08 Å². The van der Waals surface area contributed by atoms with Gasteiger partial charge in [0.1, 0.15) is 0 Å². The largest absolute Gasteiger partial charge is 0.292 e. The van der Waals surface area contributed by atoms with E-state index in [-0.39, 0.29) is 17.1 Å². The molecule has 0 heterocycles. The Kier molecular flexibility index (Phi) is 14.4. The molecule has 0 aliphatic rings. The summed E-state index contributed by atoms with van der Waals surface area (Å²) in [6, 6.07) is 0. The van der Waals surface area contributed by atoms with E-state index in [0.29, 0.717) is 6.42 Å². The van der Waals surface area contributed by atoms with Gasteiger partial charge in [0.05, 0.1) is 24.9 Å². The Morgan fingerprint density at radius 2 is 1.27 bits per heavy atom. The summed E-state index contributed by atoms with van der Waals surface area (Å²) in [5, 5.41) is 0. The van der Waals surface area contributed by atoms with Crippen molar-refractivity contribution < 1.29 is 25.2 Å². The van der Waals surface area contributed by atoms with Crippen LogP contribution in [0.4, 0.5) is 0 Å². The van der Waals surface area contributed by atoms with Crippen LogP contribution < -0.4 is 0 Å². The fraction of sp³-hybridized carbons (Fsp3) is 0.889. The lowest BCUT2D eigenvalue weighted by atomic mass is 10.1. The summed E-state index contributed by atoms with van der Waals surface area (Å²) in [5.41, 5.74) is 0. The zero-order valence-electron chi connectivity index (χ0n) is 16.5. The minimum Gasteiger partial charge on any atom is -0.273 e. The fourth-order valence-electron chi connectivity index (χ4n) is 2.64. The highest BCUT2D eigenvalue weighted by molar-refractivity contribution is 7.90. The molecule has 6 nitrogen and oxygen atoms in total. The molecule has 0 amide bonds. The molecule has 0 saturated carbocycles. The Morgan fingerprint density at radius 1 is 0.769 bits per heavy atom. The molecule has 0 N–H and O–H groups in total. The first-order valence-corrected chi connectivity index (χ1v) is 12.6. The van der Waals surface area contributed by atoms with Crippen molar-refractivity contribution in [2.45, 2.75) is 84.0 Å². The summed E-state index contributed by atoms with van der Waals surface area (Å²) < 4.78 is 55.4. The van der Waals surface area contributed by atoms with Gasteiger partial charge < -0.3 is 0 Å². The molecule has 0 rings (SSSR count). The van der Waals surface area contributed by atoms with Crippen LogP contribution in [0.3, 0.4) is 0 Å². The molecule has 0 aromatic rings. The van der Waals surface area contributed by atoms with Crippen LogP contribution in [0, 0.1) is 0 Å². The molecule has 0 radical (unpaired) electrons. The Balaban J connectivity index is 4.15. The molecule has 0 spiro atoms. The second-order valence-corrected chi connectivity index (χ2v) is 10.1. The number of unbranched alkanes of at least 4 members (excludes halogenated alkanes) is 10. The van der Waals surface area contributed by atoms with Gasteiger partial charge in [0.15, 0.2) is 0 Å². The summed E-state index contributed by atoms with van der Waals surface area (Å²) in [6.45, 7) is 2.22. The Morgan fingerprint density at radius 3 is 1.73 bits per heavy atom. The maximum Gasteiger partial charge on any atom is 0.292 e. The van der Waals surface area contributed by atoms with Crippen LogP contribution in [-0.2, 0) is 28.6 Å². The predicted octanol–water partition coefficient (Wildman–Crippen LogP) is 4.52. The standard InChI is InChI=1S/C18H36O6S2/c1-4-5-6-7-8-9-10-11-12-13-14-15-18(26(21,22)24-3)16-17-25(19,20)23-2/h15H,4-14,16-17H2,1-3H3/b18-15+. The molecule has 8 heteroatoms. The van der Waals surface area contributed by atoms with E-state index in [0.717, 1.165) is 33.5 Å². The van der Waals surface area contributed by atoms with Gasteiger partial charge in [0, 0.05) is 6.42 Å². The van der Waals surface area contributed by atoms with Crippen molar-refractivity contribution in [3.05, 3.63) is 11.0 Å². The number of hydrogen-bond donors (Lipinski definition) is 0. The quantitative estimate of drug-likeness (QED) is 0.258. The van der Waals surface area contributed by atoms with Gasteiger partial charge in [0.25, 0.3) is 20.2 Å². The first-order chi connectivity index (χ1) is 12.3. The first kappa shape index (κ1) is 25.6. The number of hydrogen-bond acceptors (Lipinski definition) is 6. The SMILES string of the molecule is CCCCCCCCCCCC/C=C(\CCS(=O)(=O)OC)S(=O)(=O)OC. The van der Waals surface area contributed by atoms with Gasteiger partial charge in [-0.15, -0.1) is 0 Å². The highest BCUT2D eigenvalue weighted by atomic mass is 32.2. The third kappa shape index (κ3) is 12.8. The molecule has 0 atom stereocenters. The van der Waals surface area contributed by atoms with E-state index in [1.165, 1.54) is 44.9 Å². The van der Waals surface area contributed by atoms with Gasteiger partial charge in [-0.05, 0) is 12.8 Å². The second kappa shape index (κ2) is 14.6. The molecule has 0 unspecified atom stereocenters. The molecule has 0 aromatic carbocycles. The maximum absolute atomic E-state index is 11.9. The molecule has 0 aromatic heterocycles. The lowest BCUT2D eigenvalue weighted by Crippen LogP contribution is -2.13. The number of allylic oxidation sites excluding steroid dienone is 2. The van der Waals surface area contributed by atoms with Crippen molar-refractivity contribution in [1.29, 1.82) is 0 Å². The normalized spacial score (nSPS) is 13.3. The Hall–Kier alpha value is -0.440. The summed E-state index contributed by atoms with van der Waals surface area (Å²) in [7, 11) is -5.42. The van der Waals surface area contributed by atoms with E-state index in [9.17, 15) is 16.8 Å². The molecular weight excluding hydrogens is 376 g/mol. The molecule has 0 aliphatic heterocycles. The van der Waals surface area contributed by atoms with Gasteiger partial charge in [-0.2, -0.15) is 16.8 Å². The van der Waals surface area contributed by atoms with Crippen LogP contribution in [0.15, 0.2) is 11.0 Å². The van der Waals surface area contributed by atoms with E-state index < -0.39 is 20.2 Å². The van der Waals surface area contributed by atoms with Crippen LogP contribution in [0.2, 0.25) is 0 Å². The van der Waals surface area contributed by atoms with Crippen molar-refractivity contribution in [3.63, 3.8) is 0 Å². The maximum atomic E-state index is 11.9. The lowest BCUT2D eigenvalue weighted by molar-refractivity contribution is 0.396. The highest BCUT2D eigenvalue weighted by Gasteiger charge is 2.20. The average Bonchev–Trinajstić information content (AvgIpc) is 2.61. The molecule has 156 valence electrons. The van der Waals surface area contributed by atoms with Crippen molar-refractivity contribution in [2.24, 2.45) is 0 Å². The molecule has 0 fully saturated rings. The molecule has 26 heavy (non-hydrogen) atoms. The Bertz CT molecular complexity index is 579. The van der Waals surface area contributed by atoms with E-state index in [2.05, 4.69) is 15.3 Å². The summed E-state index contributed by atoms with van der Waals surface area (Å²) in [4.78, 5) is 0.0107. The zero-order chi connectivity index (χ0) is 19.9. The van der Waals surface area contributed by atoms with Crippen LogP contribution in [0.1, 0.15) is 84.0 Å². The summed E-state index contributed by atoms with van der Waals surface area (Å²) in [6.07, 6.45) is 14.1. The monoisotopic (exact) mass is 412 g/mol. The highest BCUT2D eigenvalue weighted by Crippen LogP contribution is 2.17. The Labute approximate surface area is 160 Å². The average molecular weight is 413 g/mol. The third-order valence-corrected chi connectivity index (χ3v) is 6.99. The lowest BCUT2D eigenvalue weighted by Gasteiger charge is -2.07. The minimum atomic E-state index is -3.86. The van der Waals surface area contributed by atoms with Crippen molar-refractivity contribution in [3.8, 4) is 0 Å². The van der Waals surface area contributed by atoms with Crippen molar-refractivity contribution in [1.82, 2.24) is 0 Å².